The number of hydrogen-bond donors (Lipinski definition) is 2. The Kier molecular flexibility index (Phi) is 11.2. The minimum absolute atomic E-state index is 0.0961. The molecule has 1 amide bonds. The van der Waals surface area contributed by atoms with Gasteiger partial charge in [0, 0.05) is 42.3 Å². The van der Waals surface area contributed by atoms with Crippen LogP contribution in [-0.4, -0.2) is 112 Å². The Morgan fingerprint density at radius 2 is 1.69 bits per heavy atom. The van der Waals surface area contributed by atoms with Crippen molar-refractivity contribution in [3.05, 3.63) is 42.1 Å². The highest BCUT2D eigenvalue weighted by Gasteiger charge is 2.35. The van der Waals surface area contributed by atoms with Crippen molar-refractivity contribution in [2.75, 3.05) is 56.2 Å². The number of H-pyrrole nitrogens is 1. The van der Waals surface area contributed by atoms with E-state index in [0.717, 1.165) is 24.1 Å². The Morgan fingerprint density at radius 1 is 0.963 bits per heavy atom. The lowest BCUT2D eigenvalue weighted by atomic mass is 9.98. The molecule has 0 spiro atoms. The summed E-state index contributed by atoms with van der Waals surface area (Å²) < 4.78 is 50.3. The molecule has 0 unspecified atom stereocenters. The van der Waals surface area contributed by atoms with E-state index >= 15 is 0 Å². The van der Waals surface area contributed by atoms with E-state index in [0.29, 0.717) is 73.6 Å². The number of amides is 1. The summed E-state index contributed by atoms with van der Waals surface area (Å²) in [6.45, 7) is 17.7. The van der Waals surface area contributed by atoms with Crippen LogP contribution in [0.25, 0.3) is 10.9 Å². The number of carbonyl (C=O) groups is 1. The van der Waals surface area contributed by atoms with Crippen molar-refractivity contribution in [3.63, 3.8) is 0 Å². The predicted molar refractivity (Wildman–Crippen MR) is 203 cm³/mol. The van der Waals surface area contributed by atoms with E-state index in [-0.39, 0.29) is 35.4 Å². The molecule has 2 saturated heterocycles. The average Bonchev–Trinajstić information content (AvgIpc) is 3.44. The normalized spacial score (nSPS) is 17.4. The summed E-state index contributed by atoms with van der Waals surface area (Å²) in [5, 5.41) is 11.1. The molecule has 17 heteroatoms. The number of anilines is 3. The van der Waals surface area contributed by atoms with Crippen molar-refractivity contribution in [1.29, 1.82) is 0 Å². The highest BCUT2D eigenvalue weighted by atomic mass is 32.2. The van der Waals surface area contributed by atoms with Crippen molar-refractivity contribution in [1.82, 2.24) is 35.0 Å². The van der Waals surface area contributed by atoms with Crippen LogP contribution < -0.4 is 19.7 Å². The summed E-state index contributed by atoms with van der Waals surface area (Å²) in [4.78, 5) is 34.3. The summed E-state index contributed by atoms with van der Waals surface area (Å²) in [6, 6.07) is 3.30. The van der Waals surface area contributed by atoms with Gasteiger partial charge in [0.2, 0.25) is 5.95 Å². The Hall–Kier alpha value is -4.77. The third kappa shape index (κ3) is 8.94. The van der Waals surface area contributed by atoms with Crippen LogP contribution in [0.2, 0.25) is 0 Å². The standard InChI is InChI=1S/C37H51N9O7S/c1-23-24(2)43-44-32(23)42-33-28-15-31(54(48,49)37(6,7)8)30(16-29(28)40-22-41-33)52-20-25-9-11-45(12-10-25)34-38-17-26(18-39-34)51-21-27-19-46(13-14-50-27)35(47)53-36(3,4)5/h15-18,22,25,27H,9-14,19-21H2,1-8H3,(H2,40,41,42,43,44)/t27-/m1/s1. The number of carbonyl (C=O) groups excluding carboxylic acids is 1. The number of benzene rings is 1. The van der Waals surface area contributed by atoms with Crippen LogP contribution in [0, 0.1) is 19.8 Å². The number of nitrogens with zero attached hydrogens (tertiary/aromatic N) is 7. The Labute approximate surface area is 316 Å². The van der Waals surface area contributed by atoms with Gasteiger partial charge >= 0.3 is 6.09 Å². The molecule has 2 N–H and O–H groups in total. The number of morpholine rings is 1. The van der Waals surface area contributed by atoms with E-state index in [9.17, 15) is 13.2 Å². The van der Waals surface area contributed by atoms with Crippen molar-refractivity contribution >= 4 is 44.4 Å². The first kappa shape index (κ1) is 38.9. The molecule has 5 heterocycles. The summed E-state index contributed by atoms with van der Waals surface area (Å²) in [5.74, 6) is 2.62. The van der Waals surface area contributed by atoms with Crippen LogP contribution in [0.3, 0.4) is 0 Å². The first-order valence-corrected chi connectivity index (χ1v) is 19.7. The quantitative estimate of drug-likeness (QED) is 0.209. The molecular formula is C37H51N9O7S. The molecule has 3 aromatic heterocycles. The Bertz CT molecular complexity index is 2050. The molecule has 2 aliphatic heterocycles. The van der Waals surface area contributed by atoms with E-state index in [2.05, 4.69) is 40.3 Å². The summed E-state index contributed by atoms with van der Waals surface area (Å²) in [6.07, 6.45) is 5.68. The van der Waals surface area contributed by atoms with Crippen LogP contribution in [0.4, 0.5) is 22.4 Å². The minimum Gasteiger partial charge on any atom is -0.492 e. The van der Waals surface area contributed by atoms with E-state index in [1.165, 1.54) is 6.33 Å². The van der Waals surface area contributed by atoms with Gasteiger partial charge in [-0.2, -0.15) is 5.10 Å². The van der Waals surface area contributed by atoms with Crippen molar-refractivity contribution in [2.24, 2.45) is 5.92 Å². The SMILES string of the molecule is Cc1[nH]nc(Nc2ncnc3cc(OCC4CCN(c5ncc(OC[C@H]6CN(C(=O)OC(C)(C)C)CCO6)cn5)CC4)c(S(=O)(=O)C(C)(C)C)cc23)c1C. The lowest BCUT2D eigenvalue weighted by Crippen LogP contribution is -2.49. The van der Waals surface area contributed by atoms with E-state index in [1.54, 1.807) is 50.2 Å². The minimum atomic E-state index is -3.81. The third-order valence-electron chi connectivity index (χ3n) is 9.50. The molecule has 0 radical (unpaired) electrons. The third-order valence-corrected chi connectivity index (χ3v) is 12.0. The van der Waals surface area contributed by atoms with Crippen LogP contribution in [0.15, 0.2) is 35.7 Å². The van der Waals surface area contributed by atoms with Gasteiger partial charge in [-0.15, -0.1) is 0 Å². The highest BCUT2D eigenvalue weighted by molar-refractivity contribution is 7.92. The maximum atomic E-state index is 13.9. The largest absolute Gasteiger partial charge is 0.492 e. The van der Waals surface area contributed by atoms with Crippen LogP contribution >= 0.6 is 0 Å². The topological polar surface area (TPSA) is 187 Å². The number of nitrogens with one attached hydrogen (secondary N) is 2. The van der Waals surface area contributed by atoms with Gasteiger partial charge in [0.15, 0.2) is 21.4 Å². The van der Waals surface area contributed by atoms with Gasteiger partial charge < -0.3 is 34.1 Å². The molecule has 0 aliphatic carbocycles. The molecule has 1 atom stereocenters. The first-order chi connectivity index (χ1) is 25.5. The summed E-state index contributed by atoms with van der Waals surface area (Å²) in [5.41, 5.74) is 1.84. The fourth-order valence-electron chi connectivity index (χ4n) is 6.09. The van der Waals surface area contributed by atoms with Gasteiger partial charge in [0.05, 0.1) is 42.4 Å². The van der Waals surface area contributed by atoms with Gasteiger partial charge in [0.25, 0.3) is 0 Å². The zero-order chi connectivity index (χ0) is 38.8. The summed E-state index contributed by atoms with van der Waals surface area (Å²) >= 11 is 0. The molecule has 2 aliphatic rings. The van der Waals surface area contributed by atoms with Crippen LogP contribution in [-0.2, 0) is 19.3 Å². The number of piperidine rings is 1. The molecule has 6 rings (SSSR count). The second kappa shape index (κ2) is 15.5. The van der Waals surface area contributed by atoms with Crippen molar-refractivity contribution in [2.45, 2.75) is 89.6 Å². The number of ether oxygens (including phenoxy) is 4. The number of hydrogen-bond acceptors (Lipinski definition) is 14. The van der Waals surface area contributed by atoms with E-state index in [1.807, 2.05) is 34.6 Å². The van der Waals surface area contributed by atoms with Crippen LogP contribution in [0.5, 0.6) is 11.5 Å². The fourth-order valence-corrected chi connectivity index (χ4v) is 7.41. The molecular weight excluding hydrogens is 715 g/mol. The number of aromatic amines is 1. The van der Waals surface area contributed by atoms with E-state index in [4.69, 9.17) is 18.9 Å². The molecule has 1 aromatic carbocycles. The molecule has 16 nitrogen and oxygen atoms in total. The molecule has 4 aromatic rings. The van der Waals surface area contributed by atoms with Gasteiger partial charge in [-0.05, 0) is 80.2 Å². The number of rotatable bonds is 10. The second-order valence-corrected chi connectivity index (χ2v) is 18.5. The van der Waals surface area contributed by atoms with Crippen molar-refractivity contribution < 1.29 is 32.2 Å². The average molecular weight is 766 g/mol. The predicted octanol–water partition coefficient (Wildman–Crippen LogP) is 5.39. The number of fused-ring (bicyclic) bond motifs is 1. The highest BCUT2D eigenvalue weighted by Crippen LogP contribution is 2.38. The molecule has 0 saturated carbocycles. The number of aryl methyl sites for hydroxylation is 1. The lowest BCUT2D eigenvalue weighted by Gasteiger charge is -2.34. The zero-order valence-corrected chi connectivity index (χ0v) is 33.1. The maximum absolute atomic E-state index is 13.9. The first-order valence-electron chi connectivity index (χ1n) is 18.2. The van der Waals surface area contributed by atoms with Gasteiger partial charge in [-0.1, -0.05) is 0 Å². The molecule has 54 heavy (non-hydrogen) atoms. The van der Waals surface area contributed by atoms with Crippen molar-refractivity contribution in [3.8, 4) is 11.5 Å². The molecule has 0 bridgehead atoms. The lowest BCUT2D eigenvalue weighted by molar-refractivity contribution is -0.0557. The molecule has 2 fully saturated rings. The smallest absolute Gasteiger partial charge is 0.410 e. The second-order valence-electron chi connectivity index (χ2n) is 15.8. The summed E-state index contributed by atoms with van der Waals surface area (Å²) in [7, 11) is -3.81. The van der Waals surface area contributed by atoms with Gasteiger partial charge in [-0.25, -0.2) is 33.1 Å². The maximum Gasteiger partial charge on any atom is 0.410 e. The monoisotopic (exact) mass is 765 g/mol. The zero-order valence-electron chi connectivity index (χ0n) is 32.3. The molecule has 292 valence electrons. The van der Waals surface area contributed by atoms with Gasteiger partial charge in [-0.3, -0.25) is 5.10 Å². The number of aromatic nitrogens is 6. The number of sulfone groups is 1. The fraction of sp³-hybridized carbons (Fsp3) is 0.568. The van der Waals surface area contributed by atoms with Gasteiger partial charge in [0.1, 0.15) is 41.1 Å². The Morgan fingerprint density at radius 3 is 2.33 bits per heavy atom. The van der Waals surface area contributed by atoms with E-state index < -0.39 is 20.2 Å². The van der Waals surface area contributed by atoms with Crippen LogP contribution in [0.1, 0.15) is 65.6 Å². The Balaban J connectivity index is 1.06.